The largest absolute Gasteiger partial charge is 0.494 e. The number of nitrogens with one attached hydrogen (secondary N) is 1. The minimum absolute atomic E-state index is 0.0800. The molecule has 1 aromatic carbocycles. The molecule has 1 rings (SSSR count). The summed E-state index contributed by atoms with van der Waals surface area (Å²) in [5.74, 6) is -0.427. The molecule has 1 aromatic rings. The molecule has 5 nitrogen and oxygen atoms in total. The topological polar surface area (TPSA) is 75.6 Å². The van der Waals surface area contributed by atoms with E-state index in [1.165, 1.54) is 6.08 Å². The van der Waals surface area contributed by atoms with E-state index >= 15 is 0 Å². The molecule has 0 aliphatic rings. The Hall–Kier alpha value is -2.30. The van der Waals surface area contributed by atoms with Crippen molar-refractivity contribution in [3.63, 3.8) is 0 Å². The lowest BCUT2D eigenvalue weighted by Gasteiger charge is -2.05. The van der Waals surface area contributed by atoms with Gasteiger partial charge in [-0.3, -0.25) is 9.59 Å². The second kappa shape index (κ2) is 9.58. The van der Waals surface area contributed by atoms with Gasteiger partial charge in [-0.1, -0.05) is 25.5 Å². The van der Waals surface area contributed by atoms with E-state index in [0.29, 0.717) is 6.61 Å². The van der Waals surface area contributed by atoms with Crippen molar-refractivity contribution < 1.29 is 19.4 Å². The normalized spacial score (nSPS) is 10.5. The first-order valence-corrected chi connectivity index (χ1v) is 7.02. The summed E-state index contributed by atoms with van der Waals surface area (Å²) in [7, 11) is 0. The highest BCUT2D eigenvalue weighted by Gasteiger charge is 1.99. The summed E-state index contributed by atoms with van der Waals surface area (Å²) < 4.78 is 5.54. The fourth-order valence-electron chi connectivity index (χ4n) is 1.53. The van der Waals surface area contributed by atoms with Crippen LogP contribution < -0.4 is 10.1 Å². The number of amides is 1. The van der Waals surface area contributed by atoms with Crippen LogP contribution in [0.15, 0.2) is 30.3 Å². The Morgan fingerprint density at radius 3 is 2.62 bits per heavy atom. The molecule has 0 aliphatic carbocycles. The molecule has 0 saturated heterocycles. The summed E-state index contributed by atoms with van der Waals surface area (Å²) >= 11 is 0. The van der Waals surface area contributed by atoms with Crippen LogP contribution >= 0.6 is 0 Å². The zero-order chi connectivity index (χ0) is 15.5. The molecule has 0 aliphatic heterocycles. The monoisotopic (exact) mass is 291 g/mol. The molecule has 0 bridgehead atoms. The zero-order valence-electron chi connectivity index (χ0n) is 12.2. The molecule has 0 atom stereocenters. The molecular formula is C16H21NO4. The number of carbonyl (C=O) groups excluding carboxylic acids is 1. The number of aliphatic carboxylic acids is 1. The fourth-order valence-corrected chi connectivity index (χ4v) is 1.53. The van der Waals surface area contributed by atoms with Crippen LogP contribution in [0.3, 0.4) is 0 Å². The van der Waals surface area contributed by atoms with Crippen molar-refractivity contribution in [1.29, 1.82) is 0 Å². The Morgan fingerprint density at radius 2 is 2.00 bits per heavy atom. The number of carboxylic acid groups (broad SMARTS) is 1. The molecule has 21 heavy (non-hydrogen) atoms. The Bertz CT molecular complexity index is 480. The molecule has 0 unspecified atom stereocenters. The van der Waals surface area contributed by atoms with Crippen LogP contribution in [-0.4, -0.2) is 30.1 Å². The summed E-state index contributed by atoms with van der Waals surface area (Å²) in [6, 6.07) is 7.44. The minimum atomic E-state index is -0.932. The molecule has 5 heteroatoms. The summed E-state index contributed by atoms with van der Waals surface area (Å²) in [6.45, 7) is 2.94. The molecule has 2 N–H and O–H groups in total. The van der Waals surface area contributed by atoms with Gasteiger partial charge >= 0.3 is 5.97 Å². The maximum Gasteiger partial charge on any atom is 0.305 e. The number of hydrogen-bond donors (Lipinski definition) is 2. The Morgan fingerprint density at radius 1 is 1.29 bits per heavy atom. The van der Waals surface area contributed by atoms with Gasteiger partial charge in [0.2, 0.25) is 5.91 Å². The van der Waals surface area contributed by atoms with Crippen LogP contribution in [0.5, 0.6) is 5.75 Å². The van der Waals surface area contributed by atoms with Gasteiger partial charge in [0.1, 0.15) is 5.75 Å². The van der Waals surface area contributed by atoms with Gasteiger partial charge in [-0.05, 0) is 30.2 Å². The van der Waals surface area contributed by atoms with Crippen molar-refractivity contribution >= 4 is 18.0 Å². The number of rotatable bonds is 9. The van der Waals surface area contributed by atoms with Crippen molar-refractivity contribution in [1.82, 2.24) is 5.32 Å². The Kier molecular flexibility index (Phi) is 7.64. The molecule has 0 spiro atoms. The summed E-state index contributed by atoms with van der Waals surface area (Å²) in [5.41, 5.74) is 0.881. The second-order valence-electron chi connectivity index (χ2n) is 4.54. The van der Waals surface area contributed by atoms with Gasteiger partial charge in [0.05, 0.1) is 13.0 Å². The van der Waals surface area contributed by atoms with E-state index in [-0.39, 0.29) is 18.9 Å². The van der Waals surface area contributed by atoms with Crippen LogP contribution in [0.1, 0.15) is 31.7 Å². The Balaban J connectivity index is 2.38. The van der Waals surface area contributed by atoms with Gasteiger partial charge in [-0.2, -0.15) is 0 Å². The lowest BCUT2D eigenvalue weighted by atomic mass is 10.2. The van der Waals surface area contributed by atoms with Crippen molar-refractivity contribution in [3.05, 3.63) is 35.9 Å². The molecule has 0 saturated carbocycles. The number of ether oxygens (including phenoxy) is 1. The first-order chi connectivity index (χ1) is 10.1. The fraction of sp³-hybridized carbons (Fsp3) is 0.375. The molecule has 0 heterocycles. The summed E-state index contributed by atoms with van der Waals surface area (Å²) in [6.07, 6.45) is 5.10. The van der Waals surface area contributed by atoms with E-state index in [1.54, 1.807) is 6.08 Å². The average molecular weight is 291 g/mol. The molecular weight excluding hydrogens is 270 g/mol. The highest BCUT2D eigenvalue weighted by molar-refractivity contribution is 5.91. The van der Waals surface area contributed by atoms with E-state index in [2.05, 4.69) is 12.2 Å². The predicted molar refractivity (Wildman–Crippen MR) is 81.1 cm³/mol. The van der Waals surface area contributed by atoms with Gasteiger partial charge in [0, 0.05) is 12.6 Å². The number of unbranched alkanes of at least 4 members (excludes halogenated alkanes) is 1. The average Bonchev–Trinajstić information content (AvgIpc) is 2.46. The third-order valence-corrected chi connectivity index (χ3v) is 2.71. The Labute approximate surface area is 124 Å². The smallest absolute Gasteiger partial charge is 0.305 e. The van der Waals surface area contributed by atoms with Crippen molar-refractivity contribution in [3.8, 4) is 5.75 Å². The van der Waals surface area contributed by atoms with Gasteiger partial charge in [-0.25, -0.2) is 0 Å². The second-order valence-corrected chi connectivity index (χ2v) is 4.54. The SMILES string of the molecule is CCCCOc1ccc(C=CC(=O)NCCC(=O)O)cc1. The standard InChI is InChI=1S/C16H21NO4/c1-2-3-12-21-14-7-4-13(5-8-14)6-9-15(18)17-11-10-16(19)20/h4-9H,2-3,10-12H2,1H3,(H,17,18)(H,19,20). The number of benzene rings is 1. The number of carbonyl (C=O) groups is 2. The van der Waals surface area contributed by atoms with Crippen LogP contribution in [0, 0.1) is 0 Å². The maximum absolute atomic E-state index is 11.4. The highest BCUT2D eigenvalue weighted by atomic mass is 16.5. The number of hydrogen-bond acceptors (Lipinski definition) is 3. The quantitative estimate of drug-likeness (QED) is 0.541. The first-order valence-electron chi connectivity index (χ1n) is 7.02. The van der Waals surface area contributed by atoms with Gasteiger partial charge in [-0.15, -0.1) is 0 Å². The first kappa shape index (κ1) is 16.8. The van der Waals surface area contributed by atoms with Crippen LogP contribution in [0.4, 0.5) is 0 Å². The van der Waals surface area contributed by atoms with Gasteiger partial charge < -0.3 is 15.2 Å². The van der Waals surface area contributed by atoms with Crippen LogP contribution in [0.25, 0.3) is 6.08 Å². The van der Waals surface area contributed by atoms with E-state index in [9.17, 15) is 9.59 Å². The van der Waals surface area contributed by atoms with Gasteiger partial charge in [0.15, 0.2) is 0 Å². The lowest BCUT2D eigenvalue weighted by molar-refractivity contribution is -0.136. The van der Waals surface area contributed by atoms with E-state index in [0.717, 1.165) is 24.2 Å². The van der Waals surface area contributed by atoms with Crippen LogP contribution in [-0.2, 0) is 9.59 Å². The van der Waals surface area contributed by atoms with Gasteiger partial charge in [0.25, 0.3) is 0 Å². The van der Waals surface area contributed by atoms with E-state index in [1.807, 2.05) is 24.3 Å². The van der Waals surface area contributed by atoms with Crippen molar-refractivity contribution in [2.75, 3.05) is 13.2 Å². The lowest BCUT2D eigenvalue weighted by Crippen LogP contribution is -2.23. The highest BCUT2D eigenvalue weighted by Crippen LogP contribution is 2.13. The van der Waals surface area contributed by atoms with E-state index in [4.69, 9.17) is 9.84 Å². The summed E-state index contributed by atoms with van der Waals surface area (Å²) in [5, 5.41) is 11.0. The molecule has 0 fully saturated rings. The third kappa shape index (κ3) is 7.77. The summed E-state index contributed by atoms with van der Waals surface area (Å²) in [4.78, 5) is 21.7. The molecule has 114 valence electrons. The molecule has 0 radical (unpaired) electrons. The third-order valence-electron chi connectivity index (χ3n) is 2.71. The van der Waals surface area contributed by atoms with Crippen LogP contribution in [0.2, 0.25) is 0 Å². The van der Waals surface area contributed by atoms with Crippen molar-refractivity contribution in [2.45, 2.75) is 26.2 Å². The number of carboxylic acids is 1. The molecule has 1 amide bonds. The molecule has 0 aromatic heterocycles. The van der Waals surface area contributed by atoms with Crippen molar-refractivity contribution in [2.24, 2.45) is 0 Å². The predicted octanol–water partition coefficient (Wildman–Crippen LogP) is 2.47. The zero-order valence-corrected chi connectivity index (χ0v) is 12.2. The minimum Gasteiger partial charge on any atom is -0.494 e. The van der Waals surface area contributed by atoms with E-state index < -0.39 is 5.97 Å². The maximum atomic E-state index is 11.4.